The number of nitrogens with zero attached hydrogens (tertiary/aromatic N) is 5. The number of hydrogen-bond acceptors (Lipinski definition) is 9. The Balaban J connectivity index is 1.62. The van der Waals surface area contributed by atoms with E-state index in [0.717, 1.165) is 37.9 Å². The lowest BCUT2D eigenvalue weighted by molar-refractivity contribution is -0.155. The SMILES string of the molecule is CCc1nc(Cl)c(C(=O)OCOC(=O)C(C)C)n1Cc1c2ccocc-2c(Br)c1-c1ccccc1-c1nnn[nH]1. The lowest BCUT2D eigenvalue weighted by atomic mass is 9.97. The number of imidazole rings is 1. The fourth-order valence-corrected chi connectivity index (χ4v) is 5.50. The van der Waals surface area contributed by atoms with E-state index in [1.165, 1.54) is 0 Å². The number of esters is 2. The number of nitrogens with one attached hydrogen (secondary N) is 1. The lowest BCUT2D eigenvalue weighted by Gasteiger charge is -2.15. The van der Waals surface area contributed by atoms with E-state index in [-0.39, 0.29) is 23.3 Å². The first-order chi connectivity index (χ1) is 19.3. The predicted molar refractivity (Wildman–Crippen MR) is 149 cm³/mol. The van der Waals surface area contributed by atoms with Crippen molar-refractivity contribution in [3.05, 3.63) is 69.6 Å². The Bertz CT molecular complexity index is 1650. The number of rotatable bonds is 9. The minimum absolute atomic E-state index is 0.00310. The van der Waals surface area contributed by atoms with E-state index in [0.29, 0.717) is 18.1 Å². The highest BCUT2D eigenvalue weighted by Gasteiger charge is 2.29. The third-order valence-corrected chi connectivity index (χ3v) is 7.45. The van der Waals surface area contributed by atoms with Crippen LogP contribution in [-0.2, 0) is 27.2 Å². The third kappa shape index (κ3) is 5.11. The summed E-state index contributed by atoms with van der Waals surface area (Å²) in [6.07, 6.45) is 3.75. The molecule has 40 heavy (non-hydrogen) atoms. The molecular weight excluding hydrogens is 604 g/mol. The highest BCUT2D eigenvalue weighted by atomic mass is 79.9. The summed E-state index contributed by atoms with van der Waals surface area (Å²) in [6.45, 7) is 4.99. The van der Waals surface area contributed by atoms with Crippen molar-refractivity contribution in [3.8, 4) is 33.6 Å². The third-order valence-electron chi connectivity index (χ3n) is 6.36. The minimum Gasteiger partial charge on any atom is -0.472 e. The van der Waals surface area contributed by atoms with Crippen LogP contribution in [0.4, 0.5) is 0 Å². The smallest absolute Gasteiger partial charge is 0.361 e. The lowest BCUT2D eigenvalue weighted by Crippen LogP contribution is -2.19. The van der Waals surface area contributed by atoms with Crippen molar-refractivity contribution < 1.29 is 23.5 Å². The zero-order valence-corrected chi connectivity index (χ0v) is 24.1. The van der Waals surface area contributed by atoms with Gasteiger partial charge in [-0.25, -0.2) is 14.9 Å². The monoisotopic (exact) mass is 626 g/mol. The molecule has 0 saturated carbocycles. The van der Waals surface area contributed by atoms with Crippen molar-refractivity contribution in [2.75, 3.05) is 6.79 Å². The Kier molecular flexibility index (Phi) is 7.99. The molecule has 206 valence electrons. The van der Waals surface area contributed by atoms with Gasteiger partial charge in [0.1, 0.15) is 5.82 Å². The van der Waals surface area contributed by atoms with Crippen molar-refractivity contribution >= 4 is 39.5 Å². The van der Waals surface area contributed by atoms with Gasteiger partial charge in [0.15, 0.2) is 16.7 Å². The second-order valence-corrected chi connectivity index (χ2v) is 10.3. The van der Waals surface area contributed by atoms with Gasteiger partial charge in [-0.1, -0.05) is 56.6 Å². The van der Waals surface area contributed by atoms with Gasteiger partial charge in [0.25, 0.3) is 0 Å². The average molecular weight is 628 g/mol. The molecule has 3 heterocycles. The van der Waals surface area contributed by atoms with Gasteiger partial charge in [0.2, 0.25) is 6.79 Å². The molecule has 3 aromatic rings. The van der Waals surface area contributed by atoms with E-state index in [9.17, 15) is 9.59 Å². The van der Waals surface area contributed by atoms with E-state index in [1.54, 1.807) is 30.9 Å². The topological polar surface area (TPSA) is 138 Å². The standard InChI is InChI=1S/C27H24BrClN6O5/c1-4-20-30-24(29)23(27(37)40-13-39-26(36)14(2)3)35(20)11-18-15-9-10-38-12-19(15)22(28)21(18)16-7-5-6-8-17(16)25-31-33-34-32-25/h5-10,12,14H,4,11,13H2,1-3H3,(H,31,32,33,34). The fraction of sp³-hybridized carbons (Fsp3) is 0.259. The Labute approximate surface area is 242 Å². The molecule has 1 N–H and O–H groups in total. The van der Waals surface area contributed by atoms with Crippen molar-refractivity contribution in [3.63, 3.8) is 0 Å². The molecule has 0 saturated heterocycles. The second-order valence-electron chi connectivity index (χ2n) is 9.12. The number of H-pyrrole nitrogens is 1. The van der Waals surface area contributed by atoms with Gasteiger partial charge in [0, 0.05) is 27.6 Å². The Morgan fingerprint density at radius 1 is 1.12 bits per heavy atom. The van der Waals surface area contributed by atoms with Crippen LogP contribution >= 0.6 is 27.5 Å². The number of halogens is 2. The summed E-state index contributed by atoms with van der Waals surface area (Å²) in [5.74, 6) is -0.507. The van der Waals surface area contributed by atoms with Crippen LogP contribution in [0.3, 0.4) is 0 Å². The van der Waals surface area contributed by atoms with E-state index in [1.807, 2.05) is 37.3 Å². The van der Waals surface area contributed by atoms with E-state index < -0.39 is 18.7 Å². The van der Waals surface area contributed by atoms with Crippen LogP contribution in [0.1, 0.15) is 42.6 Å². The number of benzene rings is 1. The zero-order chi connectivity index (χ0) is 28.4. The molecule has 1 aliphatic carbocycles. The summed E-state index contributed by atoms with van der Waals surface area (Å²) < 4.78 is 18.3. The van der Waals surface area contributed by atoms with E-state index >= 15 is 0 Å². The van der Waals surface area contributed by atoms with Crippen LogP contribution in [0.2, 0.25) is 5.15 Å². The zero-order valence-electron chi connectivity index (χ0n) is 21.8. The summed E-state index contributed by atoms with van der Waals surface area (Å²) >= 11 is 10.2. The maximum Gasteiger partial charge on any atom is 0.361 e. The Hall–Kier alpha value is -4.03. The van der Waals surface area contributed by atoms with Gasteiger partial charge in [-0.05, 0) is 49.1 Å². The summed E-state index contributed by atoms with van der Waals surface area (Å²) in [7, 11) is 0. The van der Waals surface area contributed by atoms with Crippen LogP contribution in [0.15, 0.2) is 51.7 Å². The molecule has 1 aromatic carbocycles. The Morgan fingerprint density at radius 2 is 1.90 bits per heavy atom. The molecule has 0 unspecified atom stereocenters. The number of carbonyl (C=O) groups is 2. The molecule has 5 rings (SSSR count). The summed E-state index contributed by atoms with van der Waals surface area (Å²) in [4.78, 5) is 29.4. The molecule has 2 aromatic heterocycles. The molecule has 0 bridgehead atoms. The van der Waals surface area contributed by atoms with Crippen LogP contribution in [0.5, 0.6) is 0 Å². The molecule has 0 amide bonds. The van der Waals surface area contributed by atoms with Crippen LogP contribution in [-0.4, -0.2) is 48.9 Å². The maximum atomic E-state index is 13.2. The van der Waals surface area contributed by atoms with Gasteiger partial charge < -0.3 is 18.5 Å². The predicted octanol–water partition coefficient (Wildman–Crippen LogP) is 5.77. The maximum absolute atomic E-state index is 13.2. The summed E-state index contributed by atoms with van der Waals surface area (Å²) in [5.41, 5.74) is 5.18. The number of tetrazole rings is 1. The van der Waals surface area contributed by atoms with Crippen LogP contribution in [0.25, 0.3) is 33.6 Å². The van der Waals surface area contributed by atoms with Gasteiger partial charge in [0.05, 0.1) is 25.0 Å². The minimum atomic E-state index is -0.756. The molecule has 0 radical (unpaired) electrons. The first kappa shape index (κ1) is 27.5. The molecule has 11 nitrogen and oxygen atoms in total. The van der Waals surface area contributed by atoms with Crippen molar-refractivity contribution in [1.29, 1.82) is 0 Å². The Morgan fingerprint density at radius 3 is 2.60 bits per heavy atom. The number of ether oxygens (including phenoxy) is 2. The molecule has 2 aliphatic rings. The molecule has 13 heteroatoms. The number of carbonyl (C=O) groups excluding carboxylic acids is 2. The van der Waals surface area contributed by atoms with Crippen molar-refractivity contribution in [1.82, 2.24) is 30.2 Å². The van der Waals surface area contributed by atoms with Crippen molar-refractivity contribution in [2.45, 2.75) is 33.7 Å². The largest absolute Gasteiger partial charge is 0.472 e. The quantitative estimate of drug-likeness (QED) is 0.159. The highest BCUT2D eigenvalue weighted by Crippen LogP contribution is 2.48. The highest BCUT2D eigenvalue weighted by molar-refractivity contribution is 9.10. The summed E-state index contributed by atoms with van der Waals surface area (Å²) in [5, 5.41) is 14.4. The van der Waals surface area contributed by atoms with Gasteiger partial charge in [-0.15, -0.1) is 5.10 Å². The van der Waals surface area contributed by atoms with Crippen molar-refractivity contribution in [2.24, 2.45) is 5.92 Å². The number of aromatic nitrogens is 6. The second kappa shape index (κ2) is 11.6. The van der Waals surface area contributed by atoms with Gasteiger partial charge in [-0.3, -0.25) is 4.79 Å². The number of hydrogen-bond donors (Lipinski definition) is 1. The van der Waals surface area contributed by atoms with E-state index in [2.05, 4.69) is 41.5 Å². The molecule has 1 aliphatic heterocycles. The molecular formula is C27H24BrClN6O5. The number of aromatic amines is 1. The first-order valence-corrected chi connectivity index (χ1v) is 13.6. The van der Waals surface area contributed by atoms with Crippen LogP contribution in [0, 0.1) is 5.92 Å². The first-order valence-electron chi connectivity index (χ1n) is 12.4. The fourth-order valence-electron chi connectivity index (χ4n) is 4.46. The number of fused-ring (bicyclic) bond motifs is 1. The van der Waals surface area contributed by atoms with Gasteiger partial charge in [-0.2, -0.15) is 0 Å². The van der Waals surface area contributed by atoms with Crippen LogP contribution < -0.4 is 0 Å². The number of aryl methyl sites for hydroxylation is 1. The average Bonchev–Trinajstić information content (AvgIpc) is 3.66. The summed E-state index contributed by atoms with van der Waals surface area (Å²) in [6, 6.07) is 9.58. The normalized spacial score (nSPS) is 11.3. The molecule has 0 atom stereocenters. The van der Waals surface area contributed by atoms with Gasteiger partial charge >= 0.3 is 11.9 Å². The molecule has 0 spiro atoms. The molecule has 0 fully saturated rings. The van der Waals surface area contributed by atoms with E-state index in [4.69, 9.17) is 25.5 Å².